The normalized spacial score (nSPS) is 14.1. The van der Waals surface area contributed by atoms with Gasteiger partial charge in [-0.15, -0.1) is 0 Å². The number of methoxy groups -OCH3 is 1. The van der Waals surface area contributed by atoms with Gasteiger partial charge in [0.15, 0.2) is 17.3 Å². The van der Waals surface area contributed by atoms with Crippen molar-refractivity contribution in [3.8, 4) is 17.2 Å². The van der Waals surface area contributed by atoms with E-state index in [-0.39, 0.29) is 24.4 Å². The Kier molecular flexibility index (Phi) is 11.6. The van der Waals surface area contributed by atoms with Crippen LogP contribution in [0.2, 0.25) is 0 Å². The molecule has 2 heterocycles. The first-order valence-electron chi connectivity index (χ1n) is 17.8. The first-order valence-corrected chi connectivity index (χ1v) is 17.8. The Morgan fingerprint density at radius 2 is 1.51 bits per heavy atom. The zero-order valence-electron chi connectivity index (χ0n) is 29.7. The number of rotatable bonds is 16. The molecule has 5 aromatic rings. The molecule has 0 radical (unpaired) electrons. The highest BCUT2D eigenvalue weighted by Gasteiger charge is 2.24. The molecule has 0 saturated carbocycles. The molecule has 266 valence electrons. The number of hydrogen-bond donors (Lipinski definition) is 1. The minimum absolute atomic E-state index is 0.0679. The summed E-state index contributed by atoms with van der Waals surface area (Å²) in [5.41, 5.74) is 4.17. The molecule has 4 aromatic carbocycles. The van der Waals surface area contributed by atoms with E-state index in [0.29, 0.717) is 35.6 Å². The summed E-state index contributed by atoms with van der Waals surface area (Å²) in [6.45, 7) is 9.20. The molecule has 9 heteroatoms. The van der Waals surface area contributed by atoms with Crippen molar-refractivity contribution in [2.45, 2.75) is 51.9 Å². The van der Waals surface area contributed by atoms with Gasteiger partial charge in [0.25, 0.3) is 0 Å². The minimum Gasteiger partial charge on any atom is -0.493 e. The fourth-order valence-corrected chi connectivity index (χ4v) is 6.77. The van der Waals surface area contributed by atoms with E-state index >= 15 is 0 Å². The van der Waals surface area contributed by atoms with Gasteiger partial charge in [-0.05, 0) is 62.2 Å². The molecule has 1 N–H and O–H groups in total. The van der Waals surface area contributed by atoms with E-state index in [9.17, 15) is 9.59 Å². The van der Waals surface area contributed by atoms with E-state index in [1.54, 1.807) is 19.2 Å². The predicted octanol–water partition coefficient (Wildman–Crippen LogP) is 7.87. The molecule has 0 bridgehead atoms. The van der Waals surface area contributed by atoms with Crippen molar-refractivity contribution in [1.82, 2.24) is 9.47 Å². The first kappa shape index (κ1) is 35.5. The van der Waals surface area contributed by atoms with Crippen molar-refractivity contribution in [3.63, 3.8) is 0 Å². The van der Waals surface area contributed by atoms with Gasteiger partial charge in [-0.2, -0.15) is 0 Å². The summed E-state index contributed by atoms with van der Waals surface area (Å²) >= 11 is 0. The van der Waals surface area contributed by atoms with Crippen LogP contribution in [0.5, 0.6) is 17.2 Å². The van der Waals surface area contributed by atoms with Crippen molar-refractivity contribution >= 4 is 28.3 Å². The number of nitrogens with zero attached hydrogens (tertiary/aromatic N) is 3. The third kappa shape index (κ3) is 8.72. The lowest BCUT2D eigenvalue weighted by Gasteiger charge is -2.37. The number of hydrogen-bond acceptors (Lipinski definition) is 7. The van der Waals surface area contributed by atoms with E-state index in [1.165, 1.54) is 0 Å². The Balaban J connectivity index is 1.15. The fraction of sp³-hybridized carbons (Fsp3) is 0.333. The molecule has 0 aliphatic carbocycles. The molecule has 1 unspecified atom stereocenters. The average Bonchev–Trinajstić information content (AvgIpc) is 3.52. The molecule has 1 fully saturated rings. The number of aliphatic carboxylic acids is 1. The standard InChI is InChI=1S/C42H47N3O6/c1-30(2)50-38-17-10-9-16-36(38)44-26-24-43(25-27-44)23-21-37(31-12-5-4-6-13-31)51-39-20-19-32(28-40(39)49-3)42(48)34-29-45(22-11-18-41(46)47)35-15-8-7-14-33(34)35/h4-10,12-17,19-20,28-30,37H,11,18,21-27H2,1-3H3,(H,46,47). The van der Waals surface area contributed by atoms with E-state index < -0.39 is 5.97 Å². The molecule has 1 aliphatic heterocycles. The number of ketones is 1. The summed E-state index contributed by atoms with van der Waals surface area (Å²) in [5.74, 6) is 1.03. The fourth-order valence-electron chi connectivity index (χ4n) is 6.77. The smallest absolute Gasteiger partial charge is 0.303 e. The molecule has 9 nitrogen and oxygen atoms in total. The Hall–Kier alpha value is -5.28. The second-order valence-electron chi connectivity index (χ2n) is 13.2. The summed E-state index contributed by atoms with van der Waals surface area (Å²) < 4.78 is 20.5. The number of carboxylic acids is 1. The van der Waals surface area contributed by atoms with Gasteiger partial charge >= 0.3 is 5.97 Å². The zero-order valence-corrected chi connectivity index (χ0v) is 29.7. The van der Waals surface area contributed by atoms with Crippen molar-refractivity contribution in [1.29, 1.82) is 0 Å². The van der Waals surface area contributed by atoms with Crippen LogP contribution in [0, 0.1) is 0 Å². The zero-order chi connectivity index (χ0) is 35.7. The van der Waals surface area contributed by atoms with Crippen LogP contribution in [0.1, 0.15) is 60.7 Å². The summed E-state index contributed by atoms with van der Waals surface area (Å²) in [4.78, 5) is 29.9. The number of aromatic nitrogens is 1. The molecule has 1 saturated heterocycles. The molecular weight excluding hydrogens is 642 g/mol. The van der Waals surface area contributed by atoms with Gasteiger partial charge in [-0.25, -0.2) is 0 Å². The van der Waals surface area contributed by atoms with Gasteiger partial charge in [-0.1, -0.05) is 60.7 Å². The van der Waals surface area contributed by atoms with Gasteiger partial charge in [-0.3, -0.25) is 14.5 Å². The first-order chi connectivity index (χ1) is 24.8. The summed E-state index contributed by atoms with van der Waals surface area (Å²) in [7, 11) is 1.59. The number of carbonyl (C=O) groups excluding carboxylic acids is 1. The minimum atomic E-state index is -0.834. The van der Waals surface area contributed by atoms with Crippen LogP contribution < -0.4 is 19.1 Å². The molecule has 0 amide bonds. The molecule has 6 rings (SSSR count). The number of piperazine rings is 1. The van der Waals surface area contributed by atoms with Crippen LogP contribution >= 0.6 is 0 Å². The van der Waals surface area contributed by atoms with Crippen LogP contribution in [0.15, 0.2) is 103 Å². The van der Waals surface area contributed by atoms with Gasteiger partial charge in [0, 0.05) is 80.3 Å². The highest BCUT2D eigenvalue weighted by atomic mass is 16.5. The number of para-hydroxylation sites is 3. The third-order valence-electron chi connectivity index (χ3n) is 9.34. The maximum absolute atomic E-state index is 13.9. The second-order valence-corrected chi connectivity index (χ2v) is 13.2. The number of anilines is 1. The highest BCUT2D eigenvalue weighted by molar-refractivity contribution is 6.16. The van der Waals surface area contributed by atoms with Gasteiger partial charge in [0.05, 0.1) is 18.9 Å². The van der Waals surface area contributed by atoms with Crippen LogP contribution in [0.4, 0.5) is 5.69 Å². The summed E-state index contributed by atoms with van der Waals surface area (Å²) in [6.07, 6.45) is 3.05. The molecule has 1 aliphatic rings. The molecule has 1 atom stereocenters. The highest BCUT2D eigenvalue weighted by Crippen LogP contribution is 2.35. The van der Waals surface area contributed by atoms with Crippen molar-refractivity contribution < 1.29 is 28.9 Å². The maximum atomic E-state index is 13.9. The topological polar surface area (TPSA) is 93.5 Å². The van der Waals surface area contributed by atoms with E-state index in [2.05, 4.69) is 47.9 Å². The molecule has 0 spiro atoms. The molecule has 51 heavy (non-hydrogen) atoms. The van der Waals surface area contributed by atoms with Gasteiger partial charge in [0.2, 0.25) is 0 Å². The lowest BCUT2D eigenvalue weighted by molar-refractivity contribution is -0.137. The lowest BCUT2D eigenvalue weighted by atomic mass is 10.0. The molecule has 1 aromatic heterocycles. The van der Waals surface area contributed by atoms with Crippen LogP contribution in [-0.2, 0) is 11.3 Å². The van der Waals surface area contributed by atoms with Crippen LogP contribution in [0.25, 0.3) is 10.9 Å². The number of aryl methyl sites for hydroxylation is 1. The maximum Gasteiger partial charge on any atom is 0.303 e. The van der Waals surface area contributed by atoms with Gasteiger partial charge in [0.1, 0.15) is 11.9 Å². The van der Waals surface area contributed by atoms with Gasteiger partial charge < -0.3 is 28.8 Å². The van der Waals surface area contributed by atoms with Crippen LogP contribution in [-0.4, -0.2) is 72.3 Å². The largest absolute Gasteiger partial charge is 0.493 e. The van der Waals surface area contributed by atoms with E-state index in [1.807, 2.05) is 71.4 Å². The number of carbonyl (C=O) groups is 2. The Morgan fingerprint density at radius 3 is 2.25 bits per heavy atom. The Morgan fingerprint density at radius 1 is 0.784 bits per heavy atom. The number of fused-ring (bicyclic) bond motifs is 1. The SMILES string of the molecule is COc1cc(C(=O)c2cn(CCCC(=O)O)c3ccccc23)ccc1OC(CCN1CCN(c2ccccc2OC(C)C)CC1)c1ccccc1. The number of carboxylic acid groups (broad SMARTS) is 1. The van der Waals surface area contributed by atoms with E-state index in [4.69, 9.17) is 19.3 Å². The second kappa shape index (κ2) is 16.6. The Bertz CT molecular complexity index is 1930. The predicted molar refractivity (Wildman–Crippen MR) is 201 cm³/mol. The van der Waals surface area contributed by atoms with Crippen molar-refractivity contribution in [3.05, 3.63) is 120 Å². The Labute approximate surface area is 300 Å². The number of benzene rings is 4. The number of ether oxygens (including phenoxy) is 3. The average molecular weight is 690 g/mol. The molecular formula is C42H47N3O6. The van der Waals surface area contributed by atoms with Crippen molar-refractivity contribution in [2.75, 3.05) is 44.7 Å². The lowest BCUT2D eigenvalue weighted by Crippen LogP contribution is -2.47. The van der Waals surface area contributed by atoms with Crippen LogP contribution in [0.3, 0.4) is 0 Å². The quantitative estimate of drug-likeness (QED) is 0.105. The monoisotopic (exact) mass is 689 g/mol. The summed E-state index contributed by atoms with van der Waals surface area (Å²) in [5, 5.41) is 9.94. The third-order valence-corrected chi connectivity index (χ3v) is 9.34. The van der Waals surface area contributed by atoms with Crippen molar-refractivity contribution in [2.24, 2.45) is 0 Å². The summed E-state index contributed by atoms with van der Waals surface area (Å²) in [6, 6.07) is 31.6. The van der Waals surface area contributed by atoms with E-state index in [0.717, 1.165) is 67.0 Å².